The molecule has 1 fully saturated rings. The van der Waals surface area contributed by atoms with E-state index in [1.807, 2.05) is 0 Å². The Morgan fingerprint density at radius 3 is 2.47 bits per heavy atom. The number of ether oxygens (including phenoxy) is 2. The molecule has 1 aliphatic heterocycles. The first kappa shape index (κ1) is 25.2. The van der Waals surface area contributed by atoms with Crippen LogP contribution in [-0.4, -0.2) is 40.6 Å². The second kappa shape index (κ2) is 9.85. The molecule has 0 saturated carbocycles. The highest BCUT2D eigenvalue weighted by Crippen LogP contribution is 2.40. The number of thioether (sulfide) groups is 1. The van der Waals surface area contributed by atoms with Crippen LogP contribution in [0.3, 0.4) is 0 Å². The maximum Gasteiger partial charge on any atom is 0.416 e. The van der Waals surface area contributed by atoms with Crippen LogP contribution in [0.2, 0.25) is 0 Å². The summed E-state index contributed by atoms with van der Waals surface area (Å²) in [6, 6.07) is 6.19. The number of rotatable bonds is 6. The molecule has 2 aromatic rings. The maximum atomic E-state index is 12.9. The molecule has 3 rings (SSSR count). The molecule has 2 aromatic carbocycles. The zero-order valence-corrected chi connectivity index (χ0v) is 19.3. The molecule has 14 heteroatoms. The number of nitro groups is 1. The quantitative estimate of drug-likeness (QED) is 0.200. The van der Waals surface area contributed by atoms with Crippen molar-refractivity contribution in [2.24, 2.45) is 0 Å². The highest BCUT2D eigenvalue weighted by molar-refractivity contribution is 9.10. The van der Waals surface area contributed by atoms with E-state index in [9.17, 15) is 37.7 Å². The molecular weight excluding hydrogens is 549 g/mol. The van der Waals surface area contributed by atoms with Gasteiger partial charge in [-0.2, -0.15) is 13.2 Å². The average Bonchev–Trinajstić information content (AvgIpc) is 3.02. The summed E-state index contributed by atoms with van der Waals surface area (Å²) in [4.78, 5) is 46.8. The smallest absolute Gasteiger partial charge is 0.416 e. The van der Waals surface area contributed by atoms with Crippen LogP contribution >= 0.6 is 27.7 Å². The van der Waals surface area contributed by atoms with Gasteiger partial charge in [0.1, 0.15) is 12.3 Å². The monoisotopic (exact) mass is 560 g/mol. The number of carbonyl (C=O) groups is 3. The lowest BCUT2D eigenvalue weighted by Crippen LogP contribution is -2.34. The number of esters is 1. The molecule has 1 aliphatic rings. The molecule has 1 saturated heterocycles. The van der Waals surface area contributed by atoms with Crippen LogP contribution < -0.4 is 4.74 Å². The number of hydrogen-bond acceptors (Lipinski definition) is 8. The molecule has 0 spiro atoms. The summed E-state index contributed by atoms with van der Waals surface area (Å²) in [6.45, 7) is -0.527. The number of imide groups is 1. The summed E-state index contributed by atoms with van der Waals surface area (Å²) < 4.78 is 48.8. The second-order valence-electron chi connectivity index (χ2n) is 6.57. The van der Waals surface area contributed by atoms with E-state index in [0.29, 0.717) is 29.5 Å². The Hall–Kier alpha value is -3.39. The Morgan fingerprint density at radius 2 is 1.88 bits per heavy atom. The summed E-state index contributed by atoms with van der Waals surface area (Å²) in [6.07, 6.45) is -3.38. The number of benzene rings is 2. The van der Waals surface area contributed by atoms with Crippen molar-refractivity contribution < 1.29 is 42.0 Å². The lowest BCUT2D eigenvalue weighted by molar-refractivity contribution is -0.385. The lowest BCUT2D eigenvalue weighted by Gasteiger charge is -2.11. The molecule has 0 aliphatic carbocycles. The van der Waals surface area contributed by atoms with Crippen molar-refractivity contribution >= 4 is 56.6 Å². The number of halogens is 4. The maximum absolute atomic E-state index is 12.9. The number of nitrogens with zero attached hydrogens (tertiary/aromatic N) is 2. The number of amides is 2. The van der Waals surface area contributed by atoms with E-state index in [2.05, 4.69) is 20.7 Å². The molecular formula is C20H12BrF3N2O7S. The Labute approximate surface area is 201 Å². The summed E-state index contributed by atoms with van der Waals surface area (Å²) in [5.74, 6) is -1.79. The highest BCUT2D eigenvalue weighted by Gasteiger charge is 2.36. The Morgan fingerprint density at radius 1 is 1.21 bits per heavy atom. The highest BCUT2D eigenvalue weighted by atomic mass is 79.9. The van der Waals surface area contributed by atoms with Gasteiger partial charge in [0, 0.05) is 6.07 Å². The van der Waals surface area contributed by atoms with Crippen molar-refractivity contribution in [1.29, 1.82) is 0 Å². The van der Waals surface area contributed by atoms with E-state index in [-0.39, 0.29) is 15.1 Å². The fourth-order valence-electron chi connectivity index (χ4n) is 2.71. The van der Waals surface area contributed by atoms with Crippen LogP contribution in [0.1, 0.15) is 11.1 Å². The SMILES string of the molecule is COC(=O)CN1C(=O)S/C(=C\c2ccc(Oc3ccc(C(F)(F)F)cc3[N+](=O)[O-])c(Br)c2)C1=O. The summed E-state index contributed by atoms with van der Waals surface area (Å²) >= 11 is 3.84. The third-order valence-electron chi connectivity index (χ3n) is 4.35. The summed E-state index contributed by atoms with van der Waals surface area (Å²) in [5.41, 5.74) is -1.63. The fraction of sp³-hybridized carbons (Fsp3) is 0.150. The molecule has 9 nitrogen and oxygen atoms in total. The van der Waals surface area contributed by atoms with Crippen molar-refractivity contribution in [3.63, 3.8) is 0 Å². The number of hydrogen-bond donors (Lipinski definition) is 0. The van der Waals surface area contributed by atoms with E-state index in [4.69, 9.17) is 4.74 Å². The van der Waals surface area contributed by atoms with E-state index < -0.39 is 51.8 Å². The van der Waals surface area contributed by atoms with Crippen molar-refractivity contribution in [1.82, 2.24) is 4.90 Å². The van der Waals surface area contributed by atoms with Gasteiger partial charge in [0.25, 0.3) is 11.1 Å². The minimum Gasteiger partial charge on any atom is -0.468 e. The summed E-state index contributed by atoms with van der Waals surface area (Å²) in [7, 11) is 1.12. The topological polar surface area (TPSA) is 116 Å². The Kier molecular flexibility index (Phi) is 7.31. The van der Waals surface area contributed by atoms with Gasteiger partial charge >= 0.3 is 17.8 Å². The van der Waals surface area contributed by atoms with Gasteiger partial charge in [-0.05, 0) is 63.6 Å². The van der Waals surface area contributed by atoms with E-state index in [1.54, 1.807) is 0 Å². The van der Waals surface area contributed by atoms with Crippen LogP contribution in [0.25, 0.3) is 6.08 Å². The van der Waals surface area contributed by atoms with E-state index in [0.717, 1.165) is 18.1 Å². The van der Waals surface area contributed by atoms with Crippen molar-refractivity contribution in [2.75, 3.05) is 13.7 Å². The molecule has 0 atom stereocenters. The van der Waals surface area contributed by atoms with Crippen LogP contribution in [0.5, 0.6) is 11.5 Å². The molecule has 0 bridgehead atoms. The van der Waals surface area contributed by atoms with Gasteiger partial charge in [0.2, 0.25) is 5.75 Å². The molecule has 2 amide bonds. The molecule has 0 aromatic heterocycles. The summed E-state index contributed by atoms with van der Waals surface area (Å²) in [5, 5.41) is 10.6. The van der Waals surface area contributed by atoms with Crippen LogP contribution in [0.15, 0.2) is 45.8 Å². The molecule has 0 unspecified atom stereocenters. The zero-order valence-electron chi connectivity index (χ0n) is 16.9. The van der Waals surface area contributed by atoms with Crippen molar-refractivity contribution in [3.8, 4) is 11.5 Å². The zero-order chi connectivity index (χ0) is 25.2. The predicted molar refractivity (Wildman–Crippen MR) is 117 cm³/mol. The van der Waals surface area contributed by atoms with Gasteiger partial charge in [0.15, 0.2) is 0 Å². The molecule has 34 heavy (non-hydrogen) atoms. The first-order valence-corrected chi connectivity index (χ1v) is 10.7. The van der Waals surface area contributed by atoms with Gasteiger partial charge in [-0.3, -0.25) is 29.4 Å². The minimum atomic E-state index is -4.76. The molecule has 0 N–H and O–H groups in total. The number of methoxy groups -OCH3 is 1. The van der Waals surface area contributed by atoms with Crippen LogP contribution in [-0.2, 0) is 20.5 Å². The standard InChI is InChI=1S/C20H12BrF3N2O7S/c1-32-17(27)9-25-18(28)16(34-19(25)29)7-10-2-4-14(12(21)6-10)33-15-5-3-11(20(22,23)24)8-13(15)26(30)31/h2-8H,9H2,1H3/b16-7-. The predicted octanol–water partition coefficient (Wildman–Crippen LogP) is 5.38. The largest absolute Gasteiger partial charge is 0.468 e. The van der Waals surface area contributed by atoms with Crippen LogP contribution in [0, 0.1) is 10.1 Å². The third-order valence-corrected chi connectivity index (χ3v) is 5.87. The van der Waals surface area contributed by atoms with Crippen molar-refractivity contribution in [2.45, 2.75) is 6.18 Å². The van der Waals surface area contributed by atoms with Gasteiger partial charge in [0.05, 0.1) is 27.0 Å². The Bertz CT molecular complexity index is 1230. The number of carbonyl (C=O) groups excluding carboxylic acids is 3. The second-order valence-corrected chi connectivity index (χ2v) is 8.42. The normalized spacial score (nSPS) is 15.1. The van der Waals surface area contributed by atoms with Gasteiger partial charge in [-0.25, -0.2) is 0 Å². The molecule has 178 valence electrons. The van der Waals surface area contributed by atoms with Gasteiger partial charge < -0.3 is 9.47 Å². The minimum absolute atomic E-state index is 0.0489. The average molecular weight is 561 g/mol. The number of nitro benzene ring substituents is 1. The molecule has 0 radical (unpaired) electrons. The third kappa shape index (κ3) is 5.56. The Balaban J connectivity index is 1.84. The fourth-order valence-corrected chi connectivity index (χ4v) is 4.03. The van der Waals surface area contributed by atoms with Gasteiger partial charge in [-0.15, -0.1) is 0 Å². The van der Waals surface area contributed by atoms with Crippen LogP contribution in [0.4, 0.5) is 23.7 Å². The first-order valence-electron chi connectivity index (χ1n) is 9.06. The van der Waals surface area contributed by atoms with E-state index >= 15 is 0 Å². The van der Waals surface area contributed by atoms with Crippen molar-refractivity contribution in [3.05, 3.63) is 67.0 Å². The van der Waals surface area contributed by atoms with Gasteiger partial charge in [-0.1, -0.05) is 6.07 Å². The number of alkyl halides is 3. The lowest BCUT2D eigenvalue weighted by atomic mass is 10.1. The molecule has 1 heterocycles. The first-order chi connectivity index (χ1) is 15.9. The van der Waals surface area contributed by atoms with E-state index in [1.165, 1.54) is 24.3 Å².